The van der Waals surface area contributed by atoms with E-state index in [1.165, 1.54) is 11.8 Å². The summed E-state index contributed by atoms with van der Waals surface area (Å²) < 4.78 is 17.2. The zero-order valence-electron chi connectivity index (χ0n) is 17.3. The Labute approximate surface area is 186 Å². The van der Waals surface area contributed by atoms with Crippen molar-refractivity contribution in [1.29, 1.82) is 0 Å². The Kier molecular flexibility index (Phi) is 8.54. The van der Waals surface area contributed by atoms with E-state index in [2.05, 4.69) is 10.2 Å². The number of carbonyl (C=O) groups excluding carboxylic acids is 1. The van der Waals surface area contributed by atoms with Gasteiger partial charge in [0.15, 0.2) is 0 Å². The lowest BCUT2D eigenvalue weighted by Gasteiger charge is -2.31. The molecule has 2 aromatic rings. The third-order valence-corrected chi connectivity index (χ3v) is 5.73. The van der Waals surface area contributed by atoms with E-state index in [-0.39, 0.29) is 11.7 Å². The molecule has 3 rings (SSSR count). The highest BCUT2D eigenvalue weighted by Crippen LogP contribution is 2.39. The topological polar surface area (TPSA) is 60.0 Å². The molecule has 0 unspecified atom stereocenters. The highest BCUT2D eigenvalue weighted by molar-refractivity contribution is 8.00. The Hall–Kier alpha value is -2.09. The zero-order chi connectivity index (χ0) is 21.3. The highest BCUT2D eigenvalue weighted by atomic mass is 35.5. The average molecular weight is 451 g/mol. The van der Waals surface area contributed by atoms with E-state index < -0.39 is 0 Å². The molecule has 6 nitrogen and oxygen atoms in total. The maximum Gasteiger partial charge on any atom is 0.234 e. The summed E-state index contributed by atoms with van der Waals surface area (Å²) in [5.74, 6) is 1.52. The predicted molar refractivity (Wildman–Crippen MR) is 123 cm³/mol. The number of nitrogens with zero attached hydrogens (tertiary/aromatic N) is 1. The molecule has 0 aliphatic carbocycles. The normalized spacial score (nSPS) is 13.8. The summed E-state index contributed by atoms with van der Waals surface area (Å²) in [5.41, 5.74) is 1.57. The van der Waals surface area contributed by atoms with Gasteiger partial charge in [0.1, 0.15) is 11.5 Å². The molecule has 0 saturated carbocycles. The van der Waals surface area contributed by atoms with Gasteiger partial charge in [-0.15, -0.1) is 11.8 Å². The maximum absolute atomic E-state index is 12.6. The Bertz CT molecular complexity index is 842. The Morgan fingerprint density at radius 3 is 2.43 bits per heavy atom. The number of halogens is 1. The van der Waals surface area contributed by atoms with Crippen LogP contribution in [-0.4, -0.2) is 51.2 Å². The second-order valence-corrected chi connectivity index (χ2v) is 8.06. The van der Waals surface area contributed by atoms with E-state index in [1.54, 1.807) is 0 Å². The molecule has 0 aromatic heterocycles. The van der Waals surface area contributed by atoms with Gasteiger partial charge >= 0.3 is 0 Å². The summed E-state index contributed by atoms with van der Waals surface area (Å²) in [5, 5.41) is 3.65. The monoisotopic (exact) mass is 450 g/mol. The van der Waals surface area contributed by atoms with Crippen LogP contribution in [0.3, 0.4) is 0 Å². The van der Waals surface area contributed by atoms with Crippen molar-refractivity contribution in [3.63, 3.8) is 0 Å². The van der Waals surface area contributed by atoms with E-state index in [4.69, 9.17) is 25.8 Å². The second kappa shape index (κ2) is 11.3. The lowest BCUT2D eigenvalue weighted by atomic mass is 10.2. The van der Waals surface area contributed by atoms with Crippen LogP contribution in [0.5, 0.6) is 11.5 Å². The van der Waals surface area contributed by atoms with Crippen molar-refractivity contribution in [3.05, 3.63) is 41.4 Å². The molecule has 1 N–H and O–H groups in total. The summed E-state index contributed by atoms with van der Waals surface area (Å²) in [6, 6.07) is 11.2. The van der Waals surface area contributed by atoms with Crippen LogP contribution >= 0.6 is 23.4 Å². The average Bonchev–Trinajstić information content (AvgIpc) is 2.76. The molecule has 1 aliphatic rings. The zero-order valence-corrected chi connectivity index (χ0v) is 18.9. The number of rotatable bonds is 9. The van der Waals surface area contributed by atoms with Crippen molar-refractivity contribution in [2.45, 2.75) is 18.7 Å². The third-order valence-electron chi connectivity index (χ3n) is 4.47. The number of benzene rings is 2. The largest absolute Gasteiger partial charge is 0.492 e. The summed E-state index contributed by atoms with van der Waals surface area (Å²) in [6.45, 7) is 7.83. The molecule has 0 radical (unpaired) electrons. The van der Waals surface area contributed by atoms with Crippen LogP contribution in [-0.2, 0) is 9.53 Å². The minimum atomic E-state index is -0.113. The standard InChI is InChI=1S/C22H27ClN2O4S/c1-3-28-20-14-19(25-9-11-27-12-10-25)21(29-4-2)13-18(20)24-22(26)15-30-17-7-5-16(23)6-8-17/h5-8,13-14H,3-4,9-12,15H2,1-2H3,(H,24,26). The van der Waals surface area contributed by atoms with Crippen molar-refractivity contribution in [3.8, 4) is 11.5 Å². The number of morpholine rings is 1. The number of nitrogens with one attached hydrogen (secondary N) is 1. The van der Waals surface area contributed by atoms with Crippen LogP contribution in [0.4, 0.5) is 11.4 Å². The molecule has 1 saturated heterocycles. The first-order valence-corrected chi connectivity index (χ1v) is 11.4. The number of hydrogen-bond acceptors (Lipinski definition) is 6. The first kappa shape index (κ1) is 22.6. The Balaban J connectivity index is 1.76. The van der Waals surface area contributed by atoms with E-state index >= 15 is 0 Å². The Morgan fingerprint density at radius 2 is 1.77 bits per heavy atom. The first-order valence-electron chi connectivity index (χ1n) is 10.0. The first-order chi connectivity index (χ1) is 14.6. The van der Waals surface area contributed by atoms with Crippen LogP contribution in [0.1, 0.15) is 13.8 Å². The minimum Gasteiger partial charge on any atom is -0.492 e. The number of amides is 1. The van der Waals surface area contributed by atoms with Gasteiger partial charge in [0, 0.05) is 35.1 Å². The molecular weight excluding hydrogens is 424 g/mol. The fourth-order valence-corrected chi connectivity index (χ4v) is 3.93. The number of carbonyl (C=O) groups is 1. The quantitative estimate of drug-likeness (QED) is 0.558. The molecule has 0 spiro atoms. The summed E-state index contributed by atoms with van der Waals surface area (Å²) in [6.07, 6.45) is 0. The van der Waals surface area contributed by atoms with Crippen molar-refractivity contribution < 1.29 is 19.0 Å². The fraction of sp³-hybridized carbons (Fsp3) is 0.409. The smallest absolute Gasteiger partial charge is 0.234 e. The van der Waals surface area contributed by atoms with Crippen LogP contribution < -0.4 is 19.7 Å². The molecule has 8 heteroatoms. The van der Waals surface area contributed by atoms with Gasteiger partial charge in [0.05, 0.1) is 43.6 Å². The van der Waals surface area contributed by atoms with Gasteiger partial charge in [-0.05, 0) is 38.1 Å². The van der Waals surface area contributed by atoms with Crippen LogP contribution in [0.2, 0.25) is 5.02 Å². The third kappa shape index (κ3) is 6.20. The van der Waals surface area contributed by atoms with Crippen molar-refractivity contribution in [2.24, 2.45) is 0 Å². The van der Waals surface area contributed by atoms with Gasteiger partial charge in [-0.25, -0.2) is 0 Å². The summed E-state index contributed by atoms with van der Waals surface area (Å²) in [7, 11) is 0. The van der Waals surface area contributed by atoms with Crippen LogP contribution in [0.15, 0.2) is 41.3 Å². The van der Waals surface area contributed by atoms with Gasteiger partial charge < -0.3 is 24.4 Å². The highest BCUT2D eigenvalue weighted by Gasteiger charge is 2.20. The second-order valence-electron chi connectivity index (χ2n) is 6.57. The molecule has 162 valence electrons. The summed E-state index contributed by atoms with van der Waals surface area (Å²) in [4.78, 5) is 15.8. The van der Waals surface area contributed by atoms with Gasteiger partial charge in [-0.3, -0.25) is 4.79 Å². The van der Waals surface area contributed by atoms with Crippen molar-refractivity contribution in [2.75, 3.05) is 55.5 Å². The summed E-state index contributed by atoms with van der Waals surface area (Å²) >= 11 is 7.36. The van der Waals surface area contributed by atoms with E-state index in [1.807, 2.05) is 50.2 Å². The SMILES string of the molecule is CCOc1cc(N2CCOCC2)c(OCC)cc1NC(=O)CSc1ccc(Cl)cc1. The minimum absolute atomic E-state index is 0.113. The van der Waals surface area contributed by atoms with E-state index in [0.29, 0.717) is 42.9 Å². The predicted octanol–water partition coefficient (Wildman–Crippen LogP) is 4.70. The van der Waals surface area contributed by atoms with E-state index in [9.17, 15) is 4.79 Å². The van der Waals surface area contributed by atoms with Crippen LogP contribution in [0, 0.1) is 0 Å². The number of anilines is 2. The lowest BCUT2D eigenvalue weighted by molar-refractivity contribution is -0.113. The molecule has 0 atom stereocenters. The van der Waals surface area contributed by atoms with Gasteiger partial charge in [0.2, 0.25) is 5.91 Å². The fourth-order valence-electron chi connectivity index (χ4n) is 3.11. The van der Waals surface area contributed by atoms with Gasteiger partial charge in [0.25, 0.3) is 0 Å². The number of ether oxygens (including phenoxy) is 3. The number of hydrogen-bond donors (Lipinski definition) is 1. The van der Waals surface area contributed by atoms with E-state index in [0.717, 1.165) is 29.4 Å². The molecule has 1 fully saturated rings. The molecule has 1 aliphatic heterocycles. The van der Waals surface area contributed by atoms with Crippen LogP contribution in [0.25, 0.3) is 0 Å². The molecule has 1 amide bonds. The van der Waals surface area contributed by atoms with Gasteiger partial charge in [-0.2, -0.15) is 0 Å². The molecular formula is C22H27ClN2O4S. The van der Waals surface area contributed by atoms with Gasteiger partial charge in [-0.1, -0.05) is 11.6 Å². The van der Waals surface area contributed by atoms with Crippen molar-refractivity contribution in [1.82, 2.24) is 0 Å². The Morgan fingerprint density at radius 1 is 1.10 bits per heavy atom. The molecule has 1 heterocycles. The maximum atomic E-state index is 12.6. The van der Waals surface area contributed by atoms with Crippen molar-refractivity contribution >= 4 is 40.6 Å². The number of thioether (sulfide) groups is 1. The molecule has 2 aromatic carbocycles. The molecule has 0 bridgehead atoms. The lowest BCUT2D eigenvalue weighted by Crippen LogP contribution is -2.36. The molecule has 30 heavy (non-hydrogen) atoms.